The van der Waals surface area contributed by atoms with Crippen LogP contribution in [-0.2, 0) is 6.42 Å². The van der Waals surface area contributed by atoms with Crippen LogP contribution in [0.4, 0.5) is 0 Å². The van der Waals surface area contributed by atoms with Crippen molar-refractivity contribution < 1.29 is 0 Å². The Labute approximate surface area is 98.2 Å². The van der Waals surface area contributed by atoms with E-state index in [2.05, 4.69) is 10.5 Å². The summed E-state index contributed by atoms with van der Waals surface area (Å²) in [7, 11) is 0. The summed E-state index contributed by atoms with van der Waals surface area (Å²) in [6, 6.07) is 5.49. The van der Waals surface area contributed by atoms with Gasteiger partial charge in [0.15, 0.2) is 0 Å². The highest BCUT2D eigenvalue weighted by Gasteiger charge is 1.98. The largest absolute Gasteiger partial charge is 0.369 e. The highest BCUT2D eigenvalue weighted by atomic mass is 35.5. The van der Waals surface area contributed by atoms with Gasteiger partial charge in [0, 0.05) is 6.54 Å². The molecule has 0 aliphatic heterocycles. The van der Waals surface area contributed by atoms with Crippen molar-refractivity contribution in [2.75, 3.05) is 6.54 Å². The maximum atomic E-state index is 5.86. The van der Waals surface area contributed by atoms with Gasteiger partial charge in [-0.2, -0.15) is 0 Å². The van der Waals surface area contributed by atoms with Gasteiger partial charge < -0.3 is 16.9 Å². The number of halogens is 2. The lowest BCUT2D eigenvalue weighted by atomic mass is 10.1. The van der Waals surface area contributed by atoms with Crippen molar-refractivity contribution in [2.24, 2.45) is 16.6 Å². The van der Waals surface area contributed by atoms with Crippen molar-refractivity contribution in [2.45, 2.75) is 6.42 Å². The zero-order valence-corrected chi connectivity index (χ0v) is 9.52. The van der Waals surface area contributed by atoms with Gasteiger partial charge in [-0.25, -0.2) is 0 Å². The van der Waals surface area contributed by atoms with E-state index in [0.717, 1.165) is 12.0 Å². The molecule has 5 N–H and O–H groups in total. The van der Waals surface area contributed by atoms with Crippen LogP contribution in [0.5, 0.6) is 0 Å². The van der Waals surface area contributed by atoms with Crippen molar-refractivity contribution in [3.63, 3.8) is 0 Å². The predicted octanol–water partition coefficient (Wildman–Crippen LogP) is 1.31. The number of nitrogens with two attached hydrogens (primary N) is 2. The van der Waals surface area contributed by atoms with Crippen molar-refractivity contribution >= 4 is 29.2 Å². The molecule has 0 amide bonds. The fraction of sp³-hybridized carbons (Fsp3) is 0.222. The van der Waals surface area contributed by atoms with Gasteiger partial charge in [0.1, 0.15) is 0 Å². The van der Waals surface area contributed by atoms with Gasteiger partial charge in [-0.3, -0.25) is 0 Å². The van der Waals surface area contributed by atoms with E-state index in [0.29, 0.717) is 16.6 Å². The Morgan fingerprint density at radius 3 is 2.60 bits per heavy atom. The second kappa shape index (κ2) is 5.68. The molecule has 0 spiro atoms. The van der Waals surface area contributed by atoms with Crippen LogP contribution in [0, 0.1) is 0 Å². The molecule has 1 aromatic carbocycles. The first-order chi connectivity index (χ1) is 7.09. The number of rotatable bonds is 4. The van der Waals surface area contributed by atoms with E-state index in [9.17, 15) is 0 Å². The minimum atomic E-state index is 0.0177. The summed E-state index contributed by atoms with van der Waals surface area (Å²) in [6.45, 7) is 0.635. The molecular formula is C9H12Cl2N4. The molecule has 0 saturated carbocycles. The Balaban J connectivity index is 2.44. The topological polar surface area (TPSA) is 76.4 Å². The molecule has 0 saturated heterocycles. The van der Waals surface area contributed by atoms with E-state index in [-0.39, 0.29) is 5.96 Å². The van der Waals surface area contributed by atoms with Crippen molar-refractivity contribution in [3.8, 4) is 0 Å². The highest BCUT2D eigenvalue weighted by Crippen LogP contribution is 2.22. The van der Waals surface area contributed by atoms with E-state index in [4.69, 9.17) is 34.7 Å². The van der Waals surface area contributed by atoms with E-state index in [1.54, 1.807) is 6.07 Å². The number of benzene rings is 1. The standard InChI is InChI=1S/C9H12Cl2N4/c10-7-2-1-6(5-8(7)11)3-4-14-15-9(12)13/h1-2,5,14H,3-4H2,(H4,12,13,15). The number of nitrogens with zero attached hydrogens (tertiary/aromatic N) is 1. The second-order valence-corrected chi connectivity index (χ2v) is 3.76. The van der Waals surface area contributed by atoms with Gasteiger partial charge in [-0.1, -0.05) is 29.3 Å². The normalized spacial score (nSPS) is 9.73. The van der Waals surface area contributed by atoms with E-state index in [1.807, 2.05) is 12.1 Å². The molecule has 0 bridgehead atoms. The monoisotopic (exact) mass is 246 g/mol. The Hall–Kier alpha value is -1.13. The van der Waals surface area contributed by atoms with Crippen LogP contribution in [0.3, 0.4) is 0 Å². The highest BCUT2D eigenvalue weighted by molar-refractivity contribution is 6.42. The van der Waals surface area contributed by atoms with Crippen LogP contribution in [-0.4, -0.2) is 12.5 Å². The van der Waals surface area contributed by atoms with Crippen LogP contribution in [0.2, 0.25) is 10.0 Å². The molecule has 6 heteroatoms. The molecule has 0 unspecified atom stereocenters. The molecule has 0 atom stereocenters. The number of hydrazone groups is 1. The second-order valence-electron chi connectivity index (χ2n) is 2.94. The minimum absolute atomic E-state index is 0.0177. The maximum Gasteiger partial charge on any atom is 0.208 e. The smallest absolute Gasteiger partial charge is 0.208 e. The summed E-state index contributed by atoms with van der Waals surface area (Å²) in [4.78, 5) is 0. The van der Waals surface area contributed by atoms with E-state index >= 15 is 0 Å². The van der Waals surface area contributed by atoms with Gasteiger partial charge in [0.2, 0.25) is 5.96 Å². The predicted molar refractivity (Wildman–Crippen MR) is 64.0 cm³/mol. The van der Waals surface area contributed by atoms with Gasteiger partial charge in [-0.15, -0.1) is 5.10 Å². The van der Waals surface area contributed by atoms with Crippen molar-refractivity contribution in [1.29, 1.82) is 0 Å². The van der Waals surface area contributed by atoms with Crippen LogP contribution in [0.15, 0.2) is 23.3 Å². The number of hydrogen-bond donors (Lipinski definition) is 3. The third-order valence-electron chi connectivity index (χ3n) is 1.72. The van der Waals surface area contributed by atoms with Gasteiger partial charge >= 0.3 is 0 Å². The zero-order chi connectivity index (χ0) is 11.3. The van der Waals surface area contributed by atoms with Gasteiger partial charge in [0.25, 0.3) is 0 Å². The molecule has 0 aliphatic carbocycles. The van der Waals surface area contributed by atoms with E-state index < -0.39 is 0 Å². The first-order valence-corrected chi connectivity index (χ1v) is 5.10. The average molecular weight is 247 g/mol. The van der Waals surface area contributed by atoms with E-state index in [1.165, 1.54) is 0 Å². The molecule has 0 aliphatic rings. The summed E-state index contributed by atoms with van der Waals surface area (Å²) in [5.41, 5.74) is 14.1. The van der Waals surface area contributed by atoms with Gasteiger partial charge in [0.05, 0.1) is 10.0 Å². The van der Waals surface area contributed by atoms with Gasteiger partial charge in [-0.05, 0) is 24.1 Å². The SMILES string of the molecule is NC(N)=NNCCc1ccc(Cl)c(Cl)c1. The van der Waals surface area contributed by atoms with Crippen LogP contribution < -0.4 is 16.9 Å². The minimum Gasteiger partial charge on any atom is -0.369 e. The fourth-order valence-corrected chi connectivity index (χ4v) is 1.36. The molecule has 1 rings (SSSR count). The Bertz CT molecular complexity index is 361. The Kier molecular flexibility index (Phi) is 4.52. The first-order valence-electron chi connectivity index (χ1n) is 4.35. The average Bonchev–Trinajstić information content (AvgIpc) is 2.18. The number of hydrogen-bond acceptors (Lipinski definition) is 2. The molecular weight excluding hydrogens is 235 g/mol. The molecule has 0 heterocycles. The quantitative estimate of drug-likeness (QED) is 0.325. The Morgan fingerprint density at radius 1 is 1.27 bits per heavy atom. The van der Waals surface area contributed by atoms with Crippen LogP contribution in [0.25, 0.3) is 0 Å². The fourth-order valence-electron chi connectivity index (χ4n) is 1.04. The maximum absolute atomic E-state index is 5.86. The molecule has 0 fully saturated rings. The first kappa shape index (κ1) is 11.9. The third-order valence-corrected chi connectivity index (χ3v) is 2.46. The summed E-state index contributed by atoms with van der Waals surface area (Å²) >= 11 is 11.6. The zero-order valence-electron chi connectivity index (χ0n) is 8.00. The summed E-state index contributed by atoms with van der Waals surface area (Å²) < 4.78 is 0. The summed E-state index contributed by atoms with van der Waals surface area (Å²) in [5, 5.41) is 4.75. The molecule has 1 aromatic rings. The van der Waals surface area contributed by atoms with Crippen molar-refractivity contribution in [1.82, 2.24) is 5.43 Å². The summed E-state index contributed by atoms with van der Waals surface area (Å²) in [5.74, 6) is 0.0177. The lowest BCUT2D eigenvalue weighted by Gasteiger charge is -2.03. The molecule has 0 aromatic heterocycles. The van der Waals surface area contributed by atoms with Crippen LogP contribution >= 0.6 is 23.2 Å². The summed E-state index contributed by atoms with van der Waals surface area (Å²) in [6.07, 6.45) is 0.771. The molecule has 15 heavy (non-hydrogen) atoms. The molecule has 0 radical (unpaired) electrons. The number of nitrogens with one attached hydrogen (secondary N) is 1. The molecule has 4 nitrogen and oxygen atoms in total. The van der Waals surface area contributed by atoms with Crippen LogP contribution in [0.1, 0.15) is 5.56 Å². The molecule has 82 valence electrons. The number of guanidine groups is 1. The lowest BCUT2D eigenvalue weighted by Crippen LogP contribution is -2.27. The lowest BCUT2D eigenvalue weighted by molar-refractivity contribution is 0.728. The Morgan fingerprint density at radius 2 is 2.00 bits per heavy atom. The van der Waals surface area contributed by atoms with Crippen molar-refractivity contribution in [3.05, 3.63) is 33.8 Å². The third kappa shape index (κ3) is 4.27.